The van der Waals surface area contributed by atoms with Crippen LogP contribution in [0.1, 0.15) is 5.56 Å². The van der Waals surface area contributed by atoms with Crippen molar-refractivity contribution in [2.75, 3.05) is 13.3 Å². The van der Waals surface area contributed by atoms with E-state index in [1.165, 1.54) is 0 Å². The average Bonchev–Trinajstić information content (AvgIpc) is 2.58. The van der Waals surface area contributed by atoms with Crippen LogP contribution in [0.15, 0.2) is 12.1 Å². The highest BCUT2D eigenvalue weighted by atomic mass is 19.1. The van der Waals surface area contributed by atoms with Crippen molar-refractivity contribution < 1.29 is 13.9 Å². The van der Waals surface area contributed by atoms with Gasteiger partial charge in [-0.25, -0.2) is 4.39 Å². The van der Waals surface area contributed by atoms with Crippen LogP contribution in [-0.4, -0.2) is 13.3 Å². The van der Waals surface area contributed by atoms with Crippen molar-refractivity contribution in [2.24, 2.45) is 5.73 Å². The molecule has 0 amide bonds. The molecule has 0 atom stereocenters. The minimum Gasteiger partial charge on any atom is -0.453 e. The summed E-state index contributed by atoms with van der Waals surface area (Å²) in [6, 6.07) is 3.38. The third-order valence-corrected chi connectivity index (χ3v) is 1.97. The molecule has 0 aromatic heterocycles. The minimum atomic E-state index is -0.347. The quantitative estimate of drug-likeness (QED) is 0.745. The second-order valence-electron chi connectivity index (χ2n) is 2.81. The molecule has 1 aliphatic heterocycles. The number of benzene rings is 1. The molecule has 3 nitrogen and oxygen atoms in total. The van der Waals surface area contributed by atoms with E-state index in [9.17, 15) is 4.39 Å². The van der Waals surface area contributed by atoms with Gasteiger partial charge in [0, 0.05) is 0 Å². The lowest BCUT2D eigenvalue weighted by Crippen LogP contribution is -2.04. The number of hydrogen-bond donors (Lipinski definition) is 1. The Morgan fingerprint density at radius 1 is 1.38 bits per heavy atom. The monoisotopic (exact) mass is 183 g/mol. The number of hydrogen-bond acceptors (Lipinski definition) is 3. The Morgan fingerprint density at radius 3 is 3.00 bits per heavy atom. The van der Waals surface area contributed by atoms with Gasteiger partial charge in [-0.05, 0) is 24.6 Å². The number of nitrogens with two attached hydrogens (primary N) is 1. The normalized spacial score (nSPS) is 13.4. The SMILES string of the molecule is NCCc1ccc2c(c1F)OCO2. The molecule has 1 aliphatic rings. The van der Waals surface area contributed by atoms with Gasteiger partial charge in [-0.15, -0.1) is 0 Å². The topological polar surface area (TPSA) is 44.5 Å². The summed E-state index contributed by atoms with van der Waals surface area (Å²) in [5, 5.41) is 0. The smallest absolute Gasteiger partial charge is 0.231 e. The van der Waals surface area contributed by atoms with Crippen LogP contribution in [0, 0.1) is 5.82 Å². The maximum Gasteiger partial charge on any atom is 0.231 e. The third kappa shape index (κ3) is 1.33. The van der Waals surface area contributed by atoms with Gasteiger partial charge in [0.1, 0.15) is 0 Å². The first-order valence-electron chi connectivity index (χ1n) is 4.10. The maximum absolute atomic E-state index is 13.5. The van der Waals surface area contributed by atoms with E-state index in [4.69, 9.17) is 15.2 Å². The summed E-state index contributed by atoms with van der Waals surface area (Å²) in [4.78, 5) is 0. The molecule has 2 rings (SSSR count). The standard InChI is InChI=1S/C9H10FNO2/c10-8-6(3-4-11)1-2-7-9(8)13-5-12-7/h1-2H,3-5,11H2. The lowest BCUT2D eigenvalue weighted by molar-refractivity contribution is 0.170. The van der Waals surface area contributed by atoms with Gasteiger partial charge < -0.3 is 15.2 Å². The van der Waals surface area contributed by atoms with Gasteiger partial charge in [0.15, 0.2) is 11.6 Å². The fourth-order valence-electron chi connectivity index (χ4n) is 1.33. The third-order valence-electron chi connectivity index (χ3n) is 1.97. The van der Waals surface area contributed by atoms with Gasteiger partial charge in [-0.1, -0.05) is 6.07 Å². The van der Waals surface area contributed by atoms with Crippen LogP contribution >= 0.6 is 0 Å². The van der Waals surface area contributed by atoms with E-state index in [1.54, 1.807) is 12.1 Å². The van der Waals surface area contributed by atoms with Crippen molar-refractivity contribution in [2.45, 2.75) is 6.42 Å². The highest BCUT2D eigenvalue weighted by Crippen LogP contribution is 2.36. The molecule has 0 radical (unpaired) electrons. The first-order valence-corrected chi connectivity index (χ1v) is 4.10. The van der Waals surface area contributed by atoms with Gasteiger partial charge in [0.2, 0.25) is 12.5 Å². The van der Waals surface area contributed by atoms with E-state index < -0.39 is 0 Å². The van der Waals surface area contributed by atoms with Crippen LogP contribution < -0.4 is 15.2 Å². The number of rotatable bonds is 2. The first-order chi connectivity index (χ1) is 6.33. The molecule has 1 heterocycles. The predicted octanol–water partition coefficient (Wildman–Crippen LogP) is 1.06. The summed E-state index contributed by atoms with van der Waals surface area (Å²) in [6.07, 6.45) is 0.516. The first kappa shape index (κ1) is 8.31. The summed E-state index contributed by atoms with van der Waals surface area (Å²) < 4.78 is 23.5. The van der Waals surface area contributed by atoms with Crippen molar-refractivity contribution in [1.29, 1.82) is 0 Å². The highest BCUT2D eigenvalue weighted by Gasteiger charge is 2.20. The molecule has 4 heteroatoms. The van der Waals surface area contributed by atoms with Crippen molar-refractivity contribution in [3.05, 3.63) is 23.5 Å². The molecule has 70 valence electrons. The molecule has 2 N–H and O–H groups in total. The van der Waals surface area contributed by atoms with Crippen molar-refractivity contribution in [3.63, 3.8) is 0 Å². The number of halogens is 1. The van der Waals surface area contributed by atoms with Crippen LogP contribution in [0.5, 0.6) is 11.5 Å². The van der Waals surface area contributed by atoms with Gasteiger partial charge in [0.05, 0.1) is 0 Å². The van der Waals surface area contributed by atoms with E-state index in [-0.39, 0.29) is 18.4 Å². The summed E-state index contributed by atoms with van der Waals surface area (Å²) in [6.45, 7) is 0.523. The molecular weight excluding hydrogens is 173 g/mol. The summed E-state index contributed by atoms with van der Waals surface area (Å²) >= 11 is 0. The Hall–Kier alpha value is -1.29. The van der Waals surface area contributed by atoms with Crippen LogP contribution in [-0.2, 0) is 6.42 Å². The summed E-state index contributed by atoms with van der Waals surface area (Å²) in [5.74, 6) is 0.338. The Labute approximate surface area is 75.3 Å². The molecule has 0 saturated carbocycles. The lowest BCUT2D eigenvalue weighted by Gasteiger charge is -2.03. The van der Waals surface area contributed by atoms with Crippen LogP contribution in [0.2, 0.25) is 0 Å². The molecule has 0 saturated heterocycles. The van der Waals surface area contributed by atoms with E-state index in [0.29, 0.717) is 24.3 Å². The van der Waals surface area contributed by atoms with E-state index in [0.717, 1.165) is 0 Å². The van der Waals surface area contributed by atoms with E-state index in [1.807, 2.05) is 0 Å². The fourth-order valence-corrected chi connectivity index (χ4v) is 1.33. The fraction of sp³-hybridized carbons (Fsp3) is 0.333. The number of fused-ring (bicyclic) bond motifs is 1. The molecule has 0 aliphatic carbocycles. The van der Waals surface area contributed by atoms with Gasteiger partial charge in [-0.2, -0.15) is 0 Å². The minimum absolute atomic E-state index is 0.0956. The zero-order chi connectivity index (χ0) is 9.26. The van der Waals surface area contributed by atoms with Crippen molar-refractivity contribution in [3.8, 4) is 11.5 Å². The van der Waals surface area contributed by atoms with Gasteiger partial charge >= 0.3 is 0 Å². The summed E-state index contributed by atoms with van der Waals surface area (Å²) in [5.41, 5.74) is 5.91. The Bertz CT molecular complexity index is 328. The largest absolute Gasteiger partial charge is 0.453 e. The van der Waals surface area contributed by atoms with Crippen LogP contribution in [0.3, 0.4) is 0 Å². The second kappa shape index (κ2) is 3.22. The van der Waals surface area contributed by atoms with Gasteiger partial charge in [-0.3, -0.25) is 0 Å². The zero-order valence-electron chi connectivity index (χ0n) is 7.05. The maximum atomic E-state index is 13.5. The molecule has 1 aromatic rings. The Kier molecular flexibility index (Phi) is 2.06. The molecular formula is C9H10FNO2. The van der Waals surface area contributed by atoms with Crippen LogP contribution in [0.25, 0.3) is 0 Å². The van der Waals surface area contributed by atoms with E-state index >= 15 is 0 Å². The molecule has 0 unspecified atom stereocenters. The zero-order valence-corrected chi connectivity index (χ0v) is 7.05. The van der Waals surface area contributed by atoms with Crippen LogP contribution in [0.4, 0.5) is 4.39 Å². The predicted molar refractivity (Wildman–Crippen MR) is 45.3 cm³/mol. The summed E-state index contributed by atoms with van der Waals surface area (Å²) in [7, 11) is 0. The Balaban J connectivity index is 2.40. The van der Waals surface area contributed by atoms with Gasteiger partial charge in [0.25, 0.3) is 0 Å². The average molecular weight is 183 g/mol. The number of ether oxygens (including phenoxy) is 2. The molecule has 0 fully saturated rings. The van der Waals surface area contributed by atoms with Crippen molar-refractivity contribution >= 4 is 0 Å². The molecule has 0 spiro atoms. The van der Waals surface area contributed by atoms with Crippen molar-refractivity contribution in [1.82, 2.24) is 0 Å². The molecule has 1 aromatic carbocycles. The highest BCUT2D eigenvalue weighted by molar-refractivity contribution is 5.46. The van der Waals surface area contributed by atoms with E-state index in [2.05, 4.69) is 0 Å². The lowest BCUT2D eigenvalue weighted by atomic mass is 10.1. The second-order valence-corrected chi connectivity index (χ2v) is 2.81. The Morgan fingerprint density at radius 2 is 2.23 bits per heavy atom. The molecule has 0 bridgehead atoms. The molecule has 13 heavy (non-hydrogen) atoms.